The normalized spacial score (nSPS) is 10.4. The first-order valence-corrected chi connectivity index (χ1v) is 9.17. The molecule has 27 heavy (non-hydrogen) atoms. The molecule has 1 aromatic heterocycles. The number of hydrogen-bond acceptors (Lipinski definition) is 3. The van der Waals surface area contributed by atoms with Crippen molar-refractivity contribution in [3.05, 3.63) is 88.6 Å². The SMILES string of the molecule is Cc1cc(CCC(=O)NCc2cccc(Oc3ccccn3)c2)ccc1Cl. The topological polar surface area (TPSA) is 51.2 Å². The quantitative estimate of drug-likeness (QED) is 0.621. The number of pyridine rings is 1. The highest BCUT2D eigenvalue weighted by molar-refractivity contribution is 6.31. The van der Waals surface area contributed by atoms with Gasteiger partial charge in [0.25, 0.3) is 0 Å². The van der Waals surface area contributed by atoms with Gasteiger partial charge in [-0.25, -0.2) is 4.98 Å². The number of aromatic nitrogens is 1. The molecule has 0 saturated carbocycles. The summed E-state index contributed by atoms with van der Waals surface area (Å²) in [4.78, 5) is 16.3. The van der Waals surface area contributed by atoms with Crippen LogP contribution in [0.3, 0.4) is 0 Å². The van der Waals surface area contributed by atoms with Crippen LogP contribution in [0.1, 0.15) is 23.1 Å². The molecule has 4 nitrogen and oxygen atoms in total. The van der Waals surface area contributed by atoms with Crippen LogP contribution in [0.25, 0.3) is 0 Å². The summed E-state index contributed by atoms with van der Waals surface area (Å²) >= 11 is 6.03. The molecule has 0 bridgehead atoms. The van der Waals surface area contributed by atoms with E-state index in [1.165, 1.54) is 0 Å². The van der Waals surface area contributed by atoms with Crippen molar-refractivity contribution < 1.29 is 9.53 Å². The number of halogens is 1. The Balaban J connectivity index is 1.49. The molecule has 0 atom stereocenters. The van der Waals surface area contributed by atoms with E-state index in [0.29, 0.717) is 31.0 Å². The third-order valence-corrected chi connectivity index (χ3v) is 4.54. The van der Waals surface area contributed by atoms with Crippen molar-refractivity contribution >= 4 is 17.5 Å². The van der Waals surface area contributed by atoms with Crippen molar-refractivity contribution in [1.82, 2.24) is 10.3 Å². The molecule has 3 rings (SSSR count). The van der Waals surface area contributed by atoms with Gasteiger partial charge in [0.05, 0.1) is 0 Å². The fourth-order valence-corrected chi connectivity index (χ4v) is 2.77. The number of hydrogen-bond donors (Lipinski definition) is 1. The molecular formula is C22H21ClN2O2. The molecule has 138 valence electrons. The maximum atomic E-state index is 12.1. The van der Waals surface area contributed by atoms with Crippen LogP contribution in [0.5, 0.6) is 11.6 Å². The van der Waals surface area contributed by atoms with Gasteiger partial charge in [-0.2, -0.15) is 0 Å². The molecule has 0 fully saturated rings. The number of nitrogens with zero attached hydrogens (tertiary/aromatic N) is 1. The number of aryl methyl sites for hydroxylation is 2. The van der Waals surface area contributed by atoms with Crippen molar-refractivity contribution in [1.29, 1.82) is 0 Å². The summed E-state index contributed by atoms with van der Waals surface area (Å²) < 4.78 is 5.72. The van der Waals surface area contributed by atoms with Crippen molar-refractivity contribution in [2.45, 2.75) is 26.3 Å². The van der Waals surface area contributed by atoms with Gasteiger partial charge < -0.3 is 10.1 Å². The molecule has 5 heteroatoms. The van der Waals surface area contributed by atoms with E-state index in [2.05, 4.69) is 10.3 Å². The van der Waals surface area contributed by atoms with Gasteiger partial charge in [-0.3, -0.25) is 4.79 Å². The smallest absolute Gasteiger partial charge is 0.220 e. The molecule has 0 aliphatic heterocycles. The Morgan fingerprint density at radius 3 is 2.74 bits per heavy atom. The van der Waals surface area contributed by atoms with Gasteiger partial charge in [-0.15, -0.1) is 0 Å². The molecule has 0 unspecified atom stereocenters. The van der Waals surface area contributed by atoms with E-state index in [-0.39, 0.29) is 5.91 Å². The number of ether oxygens (including phenoxy) is 1. The molecule has 2 aromatic carbocycles. The summed E-state index contributed by atoms with van der Waals surface area (Å²) in [5, 5.41) is 3.70. The number of benzene rings is 2. The summed E-state index contributed by atoms with van der Waals surface area (Å²) in [6.07, 6.45) is 2.81. The highest BCUT2D eigenvalue weighted by Crippen LogP contribution is 2.20. The molecule has 1 amide bonds. The second-order valence-corrected chi connectivity index (χ2v) is 6.68. The van der Waals surface area contributed by atoms with Crippen molar-refractivity contribution in [3.63, 3.8) is 0 Å². The molecular weight excluding hydrogens is 360 g/mol. The molecule has 0 saturated heterocycles. The van der Waals surface area contributed by atoms with Crippen LogP contribution < -0.4 is 10.1 Å². The second-order valence-electron chi connectivity index (χ2n) is 6.28. The van der Waals surface area contributed by atoms with Gasteiger partial charge in [0, 0.05) is 30.3 Å². The van der Waals surface area contributed by atoms with E-state index in [0.717, 1.165) is 21.7 Å². The minimum absolute atomic E-state index is 0.0126. The third-order valence-electron chi connectivity index (χ3n) is 4.11. The first-order chi connectivity index (χ1) is 13.1. The lowest BCUT2D eigenvalue weighted by atomic mass is 10.1. The fourth-order valence-electron chi connectivity index (χ4n) is 2.66. The van der Waals surface area contributed by atoms with Crippen LogP contribution in [0.2, 0.25) is 5.02 Å². The first-order valence-electron chi connectivity index (χ1n) is 8.80. The Bertz CT molecular complexity index is 913. The van der Waals surface area contributed by atoms with E-state index >= 15 is 0 Å². The largest absolute Gasteiger partial charge is 0.439 e. The Morgan fingerprint density at radius 1 is 1.07 bits per heavy atom. The molecule has 0 aliphatic rings. The molecule has 1 heterocycles. The van der Waals surface area contributed by atoms with Gasteiger partial charge in [0.15, 0.2) is 0 Å². The highest BCUT2D eigenvalue weighted by atomic mass is 35.5. The summed E-state index contributed by atoms with van der Waals surface area (Å²) in [6, 6.07) is 19.0. The zero-order chi connectivity index (χ0) is 19.1. The molecule has 0 aliphatic carbocycles. The van der Waals surface area contributed by atoms with Crippen LogP contribution in [-0.2, 0) is 17.8 Å². The average Bonchev–Trinajstić information content (AvgIpc) is 2.68. The van der Waals surface area contributed by atoms with Crippen LogP contribution in [0.15, 0.2) is 66.9 Å². The van der Waals surface area contributed by atoms with Gasteiger partial charge in [0.1, 0.15) is 5.75 Å². The van der Waals surface area contributed by atoms with Gasteiger partial charge in [-0.1, -0.05) is 41.9 Å². The number of rotatable bonds is 7. The second kappa shape index (κ2) is 9.19. The van der Waals surface area contributed by atoms with Crippen molar-refractivity contribution in [3.8, 4) is 11.6 Å². The Kier molecular flexibility index (Phi) is 6.44. The number of amides is 1. The zero-order valence-corrected chi connectivity index (χ0v) is 15.9. The van der Waals surface area contributed by atoms with Crippen molar-refractivity contribution in [2.24, 2.45) is 0 Å². The Hall–Kier alpha value is -2.85. The predicted octanol–water partition coefficient (Wildman–Crippen LogP) is 5.08. The maximum absolute atomic E-state index is 12.1. The van der Waals surface area contributed by atoms with Gasteiger partial charge in [0.2, 0.25) is 11.8 Å². The van der Waals surface area contributed by atoms with E-state index in [9.17, 15) is 4.79 Å². The zero-order valence-electron chi connectivity index (χ0n) is 15.1. The van der Waals surface area contributed by atoms with E-state index in [1.807, 2.05) is 61.5 Å². The van der Waals surface area contributed by atoms with Crippen LogP contribution in [0.4, 0.5) is 0 Å². The lowest BCUT2D eigenvalue weighted by Crippen LogP contribution is -2.23. The first kappa shape index (κ1) is 18.9. The summed E-state index contributed by atoms with van der Waals surface area (Å²) in [6.45, 7) is 2.42. The van der Waals surface area contributed by atoms with E-state index in [1.54, 1.807) is 12.3 Å². The van der Waals surface area contributed by atoms with E-state index in [4.69, 9.17) is 16.3 Å². The monoisotopic (exact) mass is 380 g/mol. The lowest BCUT2D eigenvalue weighted by molar-refractivity contribution is -0.121. The number of carbonyl (C=O) groups is 1. The van der Waals surface area contributed by atoms with E-state index < -0.39 is 0 Å². The van der Waals surface area contributed by atoms with Gasteiger partial charge in [-0.05, 0) is 54.3 Å². The summed E-state index contributed by atoms with van der Waals surface area (Å²) in [5.41, 5.74) is 3.11. The summed E-state index contributed by atoms with van der Waals surface area (Å²) in [5.74, 6) is 1.24. The van der Waals surface area contributed by atoms with Crippen molar-refractivity contribution in [2.75, 3.05) is 0 Å². The maximum Gasteiger partial charge on any atom is 0.220 e. The number of carbonyl (C=O) groups excluding carboxylic acids is 1. The summed E-state index contributed by atoms with van der Waals surface area (Å²) in [7, 11) is 0. The molecule has 1 N–H and O–H groups in total. The molecule has 0 radical (unpaired) electrons. The fraction of sp³-hybridized carbons (Fsp3) is 0.182. The predicted molar refractivity (Wildman–Crippen MR) is 107 cm³/mol. The lowest BCUT2D eigenvalue weighted by Gasteiger charge is -2.09. The Morgan fingerprint density at radius 2 is 1.96 bits per heavy atom. The van der Waals surface area contributed by atoms with Gasteiger partial charge >= 0.3 is 0 Å². The molecule has 0 spiro atoms. The van der Waals surface area contributed by atoms with Crippen LogP contribution >= 0.6 is 11.6 Å². The van der Waals surface area contributed by atoms with Crippen LogP contribution in [0, 0.1) is 6.92 Å². The minimum Gasteiger partial charge on any atom is -0.439 e. The highest BCUT2D eigenvalue weighted by Gasteiger charge is 2.05. The third kappa shape index (κ3) is 5.83. The average molecular weight is 381 g/mol. The molecule has 3 aromatic rings. The van der Waals surface area contributed by atoms with Crippen LogP contribution in [-0.4, -0.2) is 10.9 Å². The Labute approximate surface area is 164 Å². The standard InChI is InChI=1S/C22H21ClN2O2/c1-16-13-17(8-10-20(16)23)9-11-21(26)25-15-18-5-4-6-19(14-18)27-22-7-2-3-12-24-22/h2-8,10,12-14H,9,11,15H2,1H3,(H,25,26). The number of nitrogens with one attached hydrogen (secondary N) is 1. The minimum atomic E-state index is 0.0126.